The van der Waals surface area contributed by atoms with E-state index in [1.54, 1.807) is 0 Å². The average Bonchev–Trinajstić information content (AvgIpc) is 2.97. The summed E-state index contributed by atoms with van der Waals surface area (Å²) in [5.41, 5.74) is 0. The van der Waals surface area contributed by atoms with Crippen LogP contribution in [-0.2, 0) is 14.6 Å². The molecule has 110 valence electrons. The van der Waals surface area contributed by atoms with Crippen molar-refractivity contribution in [3.05, 3.63) is 0 Å². The maximum Gasteiger partial charge on any atom is 0.237 e. The molecule has 0 heterocycles. The molecule has 0 aromatic heterocycles. The van der Waals surface area contributed by atoms with Crippen LogP contribution in [0.4, 0.5) is 0 Å². The molecule has 0 aliphatic heterocycles. The molecule has 0 unspecified atom stereocenters. The summed E-state index contributed by atoms with van der Waals surface area (Å²) >= 11 is 0. The zero-order valence-corrected chi connectivity index (χ0v) is 12.1. The Labute approximate surface area is 114 Å². The Balaban J connectivity index is 1.92. The third kappa shape index (κ3) is 4.18. The molecule has 2 aliphatic rings. The summed E-state index contributed by atoms with van der Waals surface area (Å²) in [6, 6.07) is 0. The van der Waals surface area contributed by atoms with E-state index in [0.717, 1.165) is 25.7 Å². The fourth-order valence-electron chi connectivity index (χ4n) is 2.68. The Bertz CT molecular complexity index is 410. The highest BCUT2D eigenvalue weighted by atomic mass is 32.2. The molecule has 2 saturated carbocycles. The van der Waals surface area contributed by atoms with E-state index in [1.165, 1.54) is 4.90 Å². The van der Waals surface area contributed by atoms with Crippen LogP contribution in [0.25, 0.3) is 0 Å². The second-order valence-corrected chi connectivity index (χ2v) is 8.00. The fourth-order valence-corrected chi connectivity index (χ4v) is 4.49. The van der Waals surface area contributed by atoms with Gasteiger partial charge >= 0.3 is 0 Å². The highest BCUT2D eigenvalue weighted by Crippen LogP contribution is 2.30. The van der Waals surface area contributed by atoms with Crippen LogP contribution in [0.2, 0.25) is 0 Å². The van der Waals surface area contributed by atoms with Crippen LogP contribution in [0.1, 0.15) is 38.5 Å². The molecule has 0 aromatic rings. The van der Waals surface area contributed by atoms with Crippen molar-refractivity contribution in [3.8, 4) is 0 Å². The molecule has 2 rings (SSSR count). The summed E-state index contributed by atoms with van der Waals surface area (Å²) in [6.07, 6.45) is 5.48. The summed E-state index contributed by atoms with van der Waals surface area (Å²) in [5, 5.41) is 8.66. The van der Waals surface area contributed by atoms with Crippen LogP contribution < -0.4 is 0 Å². The van der Waals surface area contributed by atoms with Crippen LogP contribution in [0.15, 0.2) is 0 Å². The maximum absolute atomic E-state index is 12.1. The number of sulfone groups is 1. The van der Waals surface area contributed by atoms with E-state index in [0.29, 0.717) is 25.3 Å². The molecular formula is C13H23NO4S. The van der Waals surface area contributed by atoms with E-state index < -0.39 is 9.84 Å². The van der Waals surface area contributed by atoms with Gasteiger partial charge in [-0.25, -0.2) is 8.42 Å². The number of aliphatic hydroxyl groups is 1. The lowest BCUT2D eigenvalue weighted by Gasteiger charge is -2.22. The molecule has 0 atom stereocenters. The number of aliphatic hydroxyl groups excluding tert-OH is 1. The van der Waals surface area contributed by atoms with E-state index in [9.17, 15) is 13.2 Å². The molecule has 5 nitrogen and oxygen atoms in total. The lowest BCUT2D eigenvalue weighted by atomic mass is 10.3. The van der Waals surface area contributed by atoms with Gasteiger partial charge < -0.3 is 10.0 Å². The van der Waals surface area contributed by atoms with Crippen molar-refractivity contribution in [3.63, 3.8) is 0 Å². The molecule has 1 N–H and O–H groups in total. The standard InChI is InChI=1S/C13H23NO4S/c15-8-7-14(9-11-5-6-11)13(16)10-19(17,18)12-3-1-2-4-12/h11-12,15H,1-10H2. The normalized spacial score (nSPS) is 20.7. The maximum atomic E-state index is 12.1. The average molecular weight is 289 g/mol. The van der Waals surface area contributed by atoms with Crippen molar-refractivity contribution in [1.29, 1.82) is 0 Å². The van der Waals surface area contributed by atoms with Gasteiger partial charge in [0.25, 0.3) is 0 Å². The first-order valence-corrected chi connectivity index (χ1v) is 8.84. The van der Waals surface area contributed by atoms with Gasteiger partial charge in [-0.1, -0.05) is 12.8 Å². The molecule has 0 radical (unpaired) electrons. The van der Waals surface area contributed by atoms with E-state index in [4.69, 9.17) is 5.11 Å². The molecule has 0 aromatic carbocycles. The third-order valence-electron chi connectivity index (χ3n) is 4.03. The van der Waals surface area contributed by atoms with Gasteiger partial charge in [0.1, 0.15) is 5.75 Å². The number of hydrogen-bond donors (Lipinski definition) is 1. The molecule has 1 amide bonds. The Hall–Kier alpha value is -0.620. The minimum atomic E-state index is -3.31. The molecular weight excluding hydrogens is 266 g/mol. The van der Waals surface area contributed by atoms with Crippen molar-refractivity contribution >= 4 is 15.7 Å². The molecule has 2 fully saturated rings. The molecule has 6 heteroatoms. The van der Waals surface area contributed by atoms with Crippen molar-refractivity contribution in [2.75, 3.05) is 25.4 Å². The van der Waals surface area contributed by atoms with Crippen molar-refractivity contribution in [2.45, 2.75) is 43.8 Å². The number of nitrogens with zero attached hydrogens (tertiary/aromatic N) is 1. The van der Waals surface area contributed by atoms with Gasteiger partial charge in [-0.2, -0.15) is 0 Å². The lowest BCUT2D eigenvalue weighted by molar-refractivity contribution is -0.129. The quantitative estimate of drug-likeness (QED) is 0.744. The summed E-state index contributed by atoms with van der Waals surface area (Å²) in [6.45, 7) is 0.733. The second-order valence-electron chi connectivity index (χ2n) is 5.72. The van der Waals surface area contributed by atoms with Crippen LogP contribution in [0.3, 0.4) is 0 Å². The van der Waals surface area contributed by atoms with Crippen molar-refractivity contribution < 1.29 is 18.3 Å². The number of amides is 1. The molecule has 0 spiro atoms. The topological polar surface area (TPSA) is 74.7 Å². The first-order chi connectivity index (χ1) is 9.03. The molecule has 19 heavy (non-hydrogen) atoms. The predicted molar refractivity (Wildman–Crippen MR) is 72.4 cm³/mol. The van der Waals surface area contributed by atoms with E-state index >= 15 is 0 Å². The fraction of sp³-hybridized carbons (Fsp3) is 0.923. The number of hydrogen-bond acceptors (Lipinski definition) is 4. The smallest absolute Gasteiger partial charge is 0.237 e. The van der Waals surface area contributed by atoms with E-state index in [2.05, 4.69) is 0 Å². The summed E-state index contributed by atoms with van der Waals surface area (Å²) < 4.78 is 24.3. The van der Waals surface area contributed by atoms with Crippen LogP contribution >= 0.6 is 0 Å². The van der Waals surface area contributed by atoms with Gasteiger partial charge in [0.15, 0.2) is 9.84 Å². The van der Waals surface area contributed by atoms with Crippen molar-refractivity contribution in [2.24, 2.45) is 5.92 Å². The van der Waals surface area contributed by atoms with Crippen LogP contribution in [0, 0.1) is 5.92 Å². The monoisotopic (exact) mass is 289 g/mol. The van der Waals surface area contributed by atoms with Gasteiger partial charge in [0, 0.05) is 13.1 Å². The minimum Gasteiger partial charge on any atom is -0.395 e. The van der Waals surface area contributed by atoms with Gasteiger partial charge in [-0.3, -0.25) is 4.79 Å². The Morgan fingerprint density at radius 3 is 2.32 bits per heavy atom. The number of carbonyl (C=O) groups is 1. The first kappa shape index (κ1) is 14.8. The van der Waals surface area contributed by atoms with Gasteiger partial charge in [0.2, 0.25) is 5.91 Å². The highest BCUT2D eigenvalue weighted by molar-refractivity contribution is 7.92. The number of carbonyl (C=O) groups excluding carboxylic acids is 1. The second kappa shape index (κ2) is 6.22. The summed E-state index contributed by atoms with van der Waals surface area (Å²) in [4.78, 5) is 13.6. The van der Waals surface area contributed by atoms with Gasteiger partial charge in [-0.05, 0) is 31.6 Å². The van der Waals surface area contributed by atoms with Crippen LogP contribution in [-0.4, -0.2) is 55.0 Å². The largest absolute Gasteiger partial charge is 0.395 e. The molecule has 0 bridgehead atoms. The van der Waals surface area contributed by atoms with Gasteiger partial charge in [-0.15, -0.1) is 0 Å². The first-order valence-electron chi connectivity index (χ1n) is 7.13. The molecule has 0 saturated heterocycles. The van der Waals surface area contributed by atoms with Crippen molar-refractivity contribution in [1.82, 2.24) is 4.90 Å². The van der Waals surface area contributed by atoms with E-state index in [-0.39, 0.29) is 30.1 Å². The Kier molecular flexibility index (Phi) is 4.84. The summed E-state index contributed by atoms with van der Waals surface area (Å²) in [7, 11) is -3.31. The Morgan fingerprint density at radius 1 is 1.16 bits per heavy atom. The zero-order valence-electron chi connectivity index (χ0n) is 11.3. The summed E-state index contributed by atoms with van der Waals surface area (Å²) in [5.74, 6) is -0.220. The molecule has 2 aliphatic carbocycles. The predicted octanol–water partition coefficient (Wildman–Crippen LogP) is 0.575. The van der Waals surface area contributed by atoms with Gasteiger partial charge in [0.05, 0.1) is 11.9 Å². The SMILES string of the molecule is O=C(CS(=O)(=O)C1CCCC1)N(CCO)CC1CC1. The van der Waals surface area contributed by atoms with E-state index in [1.807, 2.05) is 0 Å². The lowest BCUT2D eigenvalue weighted by Crippen LogP contribution is -2.40. The zero-order chi connectivity index (χ0) is 13.9. The third-order valence-corrected chi connectivity index (χ3v) is 6.17. The number of rotatable bonds is 7. The minimum absolute atomic E-state index is 0.109. The highest BCUT2D eigenvalue weighted by Gasteiger charge is 2.33. The van der Waals surface area contributed by atoms with Crippen LogP contribution in [0.5, 0.6) is 0 Å². The Morgan fingerprint density at radius 2 is 1.79 bits per heavy atom.